The van der Waals surface area contributed by atoms with E-state index in [1.54, 1.807) is 12.1 Å². The molecule has 1 aromatic carbocycles. The topological polar surface area (TPSA) is 71.1 Å². The molecule has 0 fully saturated rings. The van der Waals surface area contributed by atoms with Crippen molar-refractivity contribution in [2.45, 2.75) is 34.3 Å². The Hall–Kier alpha value is -2.62. The molecule has 3 heterocycles. The number of ether oxygens (including phenoxy) is 1. The van der Waals surface area contributed by atoms with Crippen molar-refractivity contribution in [3.8, 4) is 21.8 Å². The highest BCUT2D eigenvalue weighted by atomic mass is 32.1. The lowest BCUT2D eigenvalue weighted by atomic mass is 9.99. The standard InChI is InChI=1S/C21H23F2N5OS/c1-11-20(30-16(24-11)9-29-10-21(2,3)4)15-7-5-6-14(25-15)12-8-13(22)18-19(17(12)23)27-28-26-18/h5-8,26-28H,9-10H2,1-4H3. The maximum absolute atomic E-state index is 14.9. The second-order valence-electron chi connectivity index (χ2n) is 8.33. The van der Waals surface area contributed by atoms with E-state index in [4.69, 9.17) is 4.74 Å². The average molecular weight is 432 g/mol. The molecule has 1 aliphatic heterocycles. The summed E-state index contributed by atoms with van der Waals surface area (Å²) < 4.78 is 35.0. The molecule has 4 rings (SSSR count). The monoisotopic (exact) mass is 431 g/mol. The van der Waals surface area contributed by atoms with Crippen molar-refractivity contribution >= 4 is 22.7 Å². The number of fused-ring (bicyclic) bond motifs is 1. The van der Waals surface area contributed by atoms with Gasteiger partial charge in [0.05, 0.1) is 35.2 Å². The molecule has 0 amide bonds. The van der Waals surface area contributed by atoms with Gasteiger partial charge in [0.25, 0.3) is 0 Å². The Morgan fingerprint density at radius 3 is 2.57 bits per heavy atom. The highest BCUT2D eigenvalue weighted by molar-refractivity contribution is 7.15. The fourth-order valence-electron chi connectivity index (χ4n) is 3.12. The Morgan fingerprint density at radius 2 is 1.80 bits per heavy atom. The molecular weight excluding hydrogens is 408 g/mol. The van der Waals surface area contributed by atoms with Gasteiger partial charge in [0.1, 0.15) is 16.4 Å². The summed E-state index contributed by atoms with van der Waals surface area (Å²) in [5, 5.41) is 0.857. The molecule has 0 saturated heterocycles. The first-order valence-corrected chi connectivity index (χ1v) is 10.4. The van der Waals surface area contributed by atoms with Gasteiger partial charge < -0.3 is 4.74 Å². The van der Waals surface area contributed by atoms with Crippen LogP contribution in [0.1, 0.15) is 31.5 Å². The fourth-order valence-corrected chi connectivity index (χ4v) is 4.09. The Bertz CT molecular complexity index is 1090. The van der Waals surface area contributed by atoms with Crippen molar-refractivity contribution in [1.82, 2.24) is 15.5 Å². The minimum atomic E-state index is -0.578. The SMILES string of the molecule is Cc1nc(COCC(C)(C)C)sc1-c1cccc(-c2cc(F)c3c(c2F)NNN3)n1. The van der Waals surface area contributed by atoms with Crippen molar-refractivity contribution in [3.63, 3.8) is 0 Å². The number of nitrogens with zero attached hydrogens (tertiary/aromatic N) is 2. The molecule has 9 heteroatoms. The van der Waals surface area contributed by atoms with Crippen molar-refractivity contribution < 1.29 is 13.5 Å². The van der Waals surface area contributed by atoms with Crippen LogP contribution < -0.4 is 16.4 Å². The number of nitrogens with one attached hydrogen (secondary N) is 3. The van der Waals surface area contributed by atoms with Gasteiger partial charge in [-0.15, -0.1) is 16.9 Å². The number of hydrogen-bond acceptors (Lipinski definition) is 7. The number of halogens is 2. The highest BCUT2D eigenvalue weighted by Crippen LogP contribution is 2.38. The third kappa shape index (κ3) is 4.14. The van der Waals surface area contributed by atoms with Gasteiger partial charge in [0.2, 0.25) is 0 Å². The maximum atomic E-state index is 14.9. The molecule has 3 N–H and O–H groups in total. The van der Waals surface area contributed by atoms with E-state index < -0.39 is 11.6 Å². The molecule has 2 aromatic heterocycles. The lowest BCUT2D eigenvalue weighted by Crippen LogP contribution is -2.19. The third-order valence-corrected chi connectivity index (χ3v) is 5.60. The number of thiazole rings is 1. The Kier molecular flexibility index (Phi) is 5.44. The van der Waals surface area contributed by atoms with Crippen molar-refractivity contribution in [3.05, 3.63) is 46.6 Å². The predicted octanol–water partition coefficient (Wildman–Crippen LogP) is 5.28. The van der Waals surface area contributed by atoms with Gasteiger partial charge in [-0.05, 0) is 30.5 Å². The van der Waals surface area contributed by atoms with E-state index in [2.05, 4.69) is 47.1 Å². The molecule has 0 spiro atoms. The molecule has 3 aromatic rings. The summed E-state index contributed by atoms with van der Waals surface area (Å²) in [4.78, 5) is 10.1. The van der Waals surface area contributed by atoms with E-state index >= 15 is 0 Å². The quantitative estimate of drug-likeness (QED) is 0.511. The van der Waals surface area contributed by atoms with E-state index in [1.165, 1.54) is 11.3 Å². The van der Waals surface area contributed by atoms with Crippen LogP contribution in [0.5, 0.6) is 0 Å². The van der Waals surface area contributed by atoms with Crippen molar-refractivity contribution in [2.24, 2.45) is 5.41 Å². The second-order valence-corrected chi connectivity index (χ2v) is 9.41. The number of rotatable bonds is 5. The molecule has 0 radical (unpaired) electrons. The van der Waals surface area contributed by atoms with Crippen LogP contribution in [0, 0.1) is 24.0 Å². The summed E-state index contributed by atoms with van der Waals surface area (Å²) in [5.74, 6) is -1.15. The van der Waals surface area contributed by atoms with Gasteiger partial charge in [0, 0.05) is 5.56 Å². The van der Waals surface area contributed by atoms with Gasteiger partial charge in [-0.2, -0.15) is 0 Å². The first-order chi connectivity index (χ1) is 14.2. The number of anilines is 2. The summed E-state index contributed by atoms with van der Waals surface area (Å²) in [5.41, 5.74) is 9.71. The number of aromatic nitrogens is 2. The van der Waals surface area contributed by atoms with E-state index in [0.717, 1.165) is 21.6 Å². The van der Waals surface area contributed by atoms with Gasteiger partial charge in [-0.3, -0.25) is 10.9 Å². The minimum Gasteiger partial charge on any atom is -0.374 e. The molecule has 0 aliphatic carbocycles. The number of pyridine rings is 1. The second kappa shape index (κ2) is 7.90. The van der Waals surface area contributed by atoms with E-state index in [9.17, 15) is 8.78 Å². The normalized spacial score (nSPS) is 13.1. The zero-order valence-corrected chi connectivity index (χ0v) is 18.0. The lowest BCUT2D eigenvalue weighted by molar-refractivity contribution is 0.0597. The first kappa shape index (κ1) is 20.6. The predicted molar refractivity (Wildman–Crippen MR) is 115 cm³/mol. The van der Waals surface area contributed by atoms with Crippen LogP contribution >= 0.6 is 11.3 Å². The third-order valence-electron chi connectivity index (χ3n) is 4.45. The fraction of sp³-hybridized carbons (Fsp3) is 0.333. The molecule has 1 aliphatic rings. The van der Waals surface area contributed by atoms with Crippen molar-refractivity contribution in [2.75, 3.05) is 17.5 Å². The van der Waals surface area contributed by atoms with Crippen LogP contribution in [-0.2, 0) is 11.3 Å². The molecular formula is C21H23F2N5OS. The van der Waals surface area contributed by atoms with Crippen LogP contribution in [0.15, 0.2) is 24.3 Å². The van der Waals surface area contributed by atoms with Crippen LogP contribution in [0.2, 0.25) is 0 Å². The largest absolute Gasteiger partial charge is 0.374 e. The van der Waals surface area contributed by atoms with Gasteiger partial charge in [-0.1, -0.05) is 26.8 Å². The van der Waals surface area contributed by atoms with Gasteiger partial charge in [0.15, 0.2) is 11.6 Å². The minimum absolute atomic E-state index is 0.0319. The molecule has 30 heavy (non-hydrogen) atoms. The van der Waals surface area contributed by atoms with E-state index in [-0.39, 0.29) is 22.4 Å². The summed E-state index contributed by atoms with van der Waals surface area (Å²) in [7, 11) is 0. The number of hydrazine groups is 2. The highest BCUT2D eigenvalue weighted by Gasteiger charge is 2.24. The molecule has 0 bridgehead atoms. The summed E-state index contributed by atoms with van der Waals surface area (Å²) in [6, 6.07) is 6.43. The van der Waals surface area contributed by atoms with Gasteiger partial charge >= 0.3 is 0 Å². The lowest BCUT2D eigenvalue weighted by Gasteiger charge is -2.17. The molecule has 0 saturated carbocycles. The van der Waals surface area contributed by atoms with Crippen LogP contribution in [0.4, 0.5) is 20.2 Å². The summed E-state index contributed by atoms with van der Waals surface area (Å²) in [6.45, 7) is 9.31. The smallest absolute Gasteiger partial charge is 0.159 e. The van der Waals surface area contributed by atoms with Crippen LogP contribution in [-0.4, -0.2) is 16.6 Å². The number of benzene rings is 1. The maximum Gasteiger partial charge on any atom is 0.159 e. The number of hydrogen-bond donors (Lipinski definition) is 3. The Morgan fingerprint density at radius 1 is 1.07 bits per heavy atom. The Balaban J connectivity index is 1.63. The first-order valence-electron chi connectivity index (χ1n) is 9.54. The molecule has 6 nitrogen and oxygen atoms in total. The zero-order valence-electron chi connectivity index (χ0n) is 17.2. The summed E-state index contributed by atoms with van der Waals surface area (Å²) >= 11 is 1.50. The average Bonchev–Trinajstić information content (AvgIpc) is 3.31. The van der Waals surface area contributed by atoms with E-state index in [1.807, 2.05) is 13.0 Å². The number of aryl methyl sites for hydroxylation is 1. The van der Waals surface area contributed by atoms with Crippen LogP contribution in [0.3, 0.4) is 0 Å². The molecule has 158 valence electrons. The molecule has 0 unspecified atom stereocenters. The van der Waals surface area contributed by atoms with E-state index in [0.29, 0.717) is 24.6 Å². The van der Waals surface area contributed by atoms with Crippen LogP contribution in [0.25, 0.3) is 21.8 Å². The van der Waals surface area contributed by atoms with Crippen molar-refractivity contribution in [1.29, 1.82) is 0 Å². The summed E-state index contributed by atoms with van der Waals surface area (Å²) in [6.07, 6.45) is 0. The Labute approximate surface area is 177 Å². The zero-order chi connectivity index (χ0) is 21.5. The van der Waals surface area contributed by atoms with Gasteiger partial charge in [-0.25, -0.2) is 18.7 Å². The molecule has 0 atom stereocenters.